The van der Waals surface area contributed by atoms with Crippen LogP contribution in [0.3, 0.4) is 0 Å². The van der Waals surface area contributed by atoms with Crippen molar-refractivity contribution in [3.05, 3.63) is 58.9 Å². The Morgan fingerprint density at radius 3 is 2.61 bits per heavy atom. The summed E-state index contributed by atoms with van der Waals surface area (Å²) in [5, 5.41) is 18.9. The van der Waals surface area contributed by atoms with Crippen LogP contribution >= 0.6 is 0 Å². The van der Waals surface area contributed by atoms with E-state index in [-0.39, 0.29) is 17.3 Å². The summed E-state index contributed by atoms with van der Waals surface area (Å²) in [7, 11) is 1.73. The second-order valence-corrected chi connectivity index (χ2v) is 8.70. The zero-order valence-corrected chi connectivity index (χ0v) is 19.8. The predicted octanol–water partition coefficient (Wildman–Crippen LogP) is 3.01. The van der Waals surface area contributed by atoms with Gasteiger partial charge < -0.3 is 9.80 Å². The van der Waals surface area contributed by atoms with Crippen molar-refractivity contribution in [2.24, 2.45) is 12.1 Å². The molecule has 36 heavy (non-hydrogen) atoms. The number of hydrazone groups is 1. The number of nitrogens with zero attached hydrogens (tertiary/aromatic N) is 9. The van der Waals surface area contributed by atoms with E-state index in [1.165, 1.54) is 11.1 Å². The molecule has 0 spiro atoms. The first-order chi connectivity index (χ1) is 17.4. The van der Waals surface area contributed by atoms with Gasteiger partial charge in [-0.25, -0.2) is 28.6 Å². The molecule has 0 aliphatic carbocycles. The molecule has 5 rings (SSSR count). The van der Waals surface area contributed by atoms with Gasteiger partial charge >= 0.3 is 6.03 Å². The van der Waals surface area contributed by atoms with E-state index in [0.29, 0.717) is 49.8 Å². The number of benzene rings is 1. The molecule has 0 N–H and O–H groups in total. The number of hydrogen-bond donors (Lipinski definition) is 0. The average molecular weight is 492 g/mol. The zero-order chi connectivity index (χ0) is 25.4. The van der Waals surface area contributed by atoms with Crippen LogP contribution in [0.4, 0.5) is 19.5 Å². The quantitative estimate of drug-likeness (QED) is 0.558. The molecule has 12 heteroatoms. The van der Waals surface area contributed by atoms with Crippen molar-refractivity contribution in [3.8, 4) is 17.5 Å². The molecule has 184 valence electrons. The van der Waals surface area contributed by atoms with Crippen molar-refractivity contribution < 1.29 is 13.6 Å². The molecule has 1 fully saturated rings. The SMILES string of the molecule is Cc1cnn(C)c1-c1nc(N2CCN(C(=O)N3N=CCC3c3cc(F)cc(C#N)c3)CC2)ncc1F. The summed E-state index contributed by atoms with van der Waals surface area (Å²) in [5.41, 5.74) is 2.28. The van der Waals surface area contributed by atoms with Crippen LogP contribution in [0, 0.1) is 29.9 Å². The monoisotopic (exact) mass is 491 g/mol. The molecule has 1 aromatic carbocycles. The topological polar surface area (TPSA) is 107 Å². The summed E-state index contributed by atoms with van der Waals surface area (Å²) in [6, 6.07) is 5.21. The smallest absolute Gasteiger partial charge is 0.337 e. The van der Waals surface area contributed by atoms with Crippen molar-refractivity contribution in [2.45, 2.75) is 19.4 Å². The van der Waals surface area contributed by atoms with Gasteiger partial charge in [-0.2, -0.15) is 15.5 Å². The van der Waals surface area contributed by atoms with Crippen LogP contribution in [0.2, 0.25) is 0 Å². The van der Waals surface area contributed by atoms with Crippen LogP contribution in [-0.2, 0) is 7.05 Å². The van der Waals surface area contributed by atoms with Gasteiger partial charge in [0.25, 0.3) is 0 Å². The first-order valence-corrected chi connectivity index (χ1v) is 11.4. The molecule has 1 saturated heterocycles. The van der Waals surface area contributed by atoms with Gasteiger partial charge in [0.2, 0.25) is 5.95 Å². The lowest BCUT2D eigenvalue weighted by molar-refractivity contribution is 0.139. The van der Waals surface area contributed by atoms with Gasteiger partial charge in [-0.05, 0) is 36.2 Å². The fourth-order valence-electron chi connectivity index (χ4n) is 4.55. The fourth-order valence-corrected chi connectivity index (χ4v) is 4.55. The second-order valence-electron chi connectivity index (χ2n) is 8.70. The van der Waals surface area contributed by atoms with Crippen LogP contribution in [0.5, 0.6) is 0 Å². The van der Waals surface area contributed by atoms with E-state index in [0.717, 1.165) is 17.8 Å². The Morgan fingerprint density at radius 1 is 1.14 bits per heavy atom. The summed E-state index contributed by atoms with van der Waals surface area (Å²) < 4.78 is 30.1. The third kappa shape index (κ3) is 4.24. The highest BCUT2D eigenvalue weighted by atomic mass is 19.1. The Labute approximate surface area is 206 Å². The predicted molar refractivity (Wildman–Crippen MR) is 127 cm³/mol. The molecule has 2 aliphatic heterocycles. The lowest BCUT2D eigenvalue weighted by Crippen LogP contribution is -2.52. The van der Waals surface area contributed by atoms with Crippen molar-refractivity contribution in [2.75, 3.05) is 31.1 Å². The maximum Gasteiger partial charge on any atom is 0.341 e. The van der Waals surface area contributed by atoms with E-state index in [2.05, 4.69) is 20.2 Å². The van der Waals surface area contributed by atoms with Crippen molar-refractivity contribution in [1.29, 1.82) is 5.26 Å². The number of carbonyl (C=O) groups is 1. The number of aryl methyl sites for hydroxylation is 2. The van der Waals surface area contributed by atoms with Gasteiger partial charge in [-0.3, -0.25) is 4.68 Å². The molecular formula is C24H23F2N9O. The molecule has 10 nitrogen and oxygen atoms in total. The van der Waals surface area contributed by atoms with Crippen LogP contribution in [-0.4, -0.2) is 68.1 Å². The Morgan fingerprint density at radius 2 is 1.92 bits per heavy atom. The number of aromatic nitrogens is 4. The summed E-state index contributed by atoms with van der Waals surface area (Å²) in [6.45, 7) is 3.49. The van der Waals surface area contributed by atoms with Crippen molar-refractivity contribution in [3.63, 3.8) is 0 Å². The summed E-state index contributed by atoms with van der Waals surface area (Å²) in [6.07, 6.45) is 4.85. The van der Waals surface area contributed by atoms with E-state index >= 15 is 0 Å². The molecule has 2 aliphatic rings. The highest BCUT2D eigenvalue weighted by Crippen LogP contribution is 2.31. The molecule has 0 saturated carbocycles. The van der Waals surface area contributed by atoms with Gasteiger partial charge in [0, 0.05) is 45.9 Å². The number of piperazine rings is 1. The third-order valence-electron chi connectivity index (χ3n) is 6.37. The first-order valence-electron chi connectivity index (χ1n) is 11.4. The normalized spacial score (nSPS) is 17.5. The van der Waals surface area contributed by atoms with Crippen LogP contribution in [0.1, 0.15) is 29.2 Å². The second kappa shape index (κ2) is 9.33. The molecular weight excluding hydrogens is 468 g/mol. The number of amides is 2. The van der Waals surface area contributed by atoms with Gasteiger partial charge in [0.1, 0.15) is 11.5 Å². The number of nitriles is 1. The summed E-state index contributed by atoms with van der Waals surface area (Å²) >= 11 is 0. The number of urea groups is 1. The Bertz CT molecular complexity index is 1370. The van der Waals surface area contributed by atoms with Crippen LogP contribution < -0.4 is 4.90 Å². The molecule has 3 aromatic rings. The Kier molecular flexibility index (Phi) is 6.05. The molecule has 2 amide bonds. The highest BCUT2D eigenvalue weighted by molar-refractivity contribution is 5.79. The van der Waals surface area contributed by atoms with Crippen molar-refractivity contribution in [1.82, 2.24) is 29.7 Å². The molecule has 1 unspecified atom stereocenters. The number of rotatable bonds is 3. The van der Waals surface area contributed by atoms with E-state index < -0.39 is 17.7 Å². The van der Waals surface area contributed by atoms with E-state index in [9.17, 15) is 13.6 Å². The summed E-state index contributed by atoms with van der Waals surface area (Å²) in [5.74, 6) is -0.689. The van der Waals surface area contributed by atoms with Gasteiger partial charge in [-0.15, -0.1) is 0 Å². The van der Waals surface area contributed by atoms with E-state index in [1.807, 2.05) is 17.9 Å². The van der Waals surface area contributed by atoms with Gasteiger partial charge in [0.15, 0.2) is 5.82 Å². The van der Waals surface area contributed by atoms with Crippen molar-refractivity contribution >= 4 is 18.2 Å². The maximum atomic E-state index is 14.6. The van der Waals surface area contributed by atoms with Crippen LogP contribution in [0.25, 0.3) is 11.4 Å². The summed E-state index contributed by atoms with van der Waals surface area (Å²) in [4.78, 5) is 25.5. The lowest BCUT2D eigenvalue weighted by Gasteiger charge is -2.37. The Hall–Kier alpha value is -4.40. The molecule has 4 heterocycles. The van der Waals surface area contributed by atoms with Crippen LogP contribution in [0.15, 0.2) is 35.7 Å². The molecule has 0 bridgehead atoms. The Balaban J connectivity index is 1.29. The molecule has 2 aromatic heterocycles. The number of halogens is 2. The highest BCUT2D eigenvalue weighted by Gasteiger charge is 2.34. The standard InChI is InChI=1S/C24H23F2N9O/c1-15-13-30-32(2)22(15)21-19(26)14-28-23(31-21)33-5-7-34(8-6-33)24(36)35-20(3-4-29-35)17-9-16(12-27)10-18(25)11-17/h4,9-11,13-14,20H,3,5-8H2,1-2H3. The third-order valence-corrected chi connectivity index (χ3v) is 6.37. The van der Waals surface area contributed by atoms with E-state index in [1.54, 1.807) is 35.1 Å². The molecule has 1 atom stereocenters. The zero-order valence-electron chi connectivity index (χ0n) is 19.8. The largest absolute Gasteiger partial charge is 0.341 e. The minimum absolute atomic E-state index is 0.178. The minimum atomic E-state index is -0.533. The lowest BCUT2D eigenvalue weighted by atomic mass is 10.0. The maximum absolute atomic E-state index is 14.6. The fraction of sp³-hybridized carbons (Fsp3) is 0.333. The van der Waals surface area contributed by atoms with Gasteiger partial charge in [-0.1, -0.05) is 0 Å². The number of carbonyl (C=O) groups excluding carboxylic acids is 1. The van der Waals surface area contributed by atoms with Gasteiger partial charge in [0.05, 0.1) is 35.8 Å². The first kappa shape index (κ1) is 23.3. The van der Waals surface area contributed by atoms with E-state index in [4.69, 9.17) is 5.26 Å². The number of anilines is 1. The average Bonchev–Trinajstić information content (AvgIpc) is 3.50. The minimum Gasteiger partial charge on any atom is -0.337 e. The molecule has 0 radical (unpaired) electrons. The number of hydrogen-bond acceptors (Lipinski definition) is 7.